The summed E-state index contributed by atoms with van der Waals surface area (Å²) in [6.07, 6.45) is 2.03. The average molecular weight is 428 g/mol. The van der Waals surface area contributed by atoms with E-state index in [0.717, 1.165) is 16.8 Å². The maximum atomic E-state index is 12.1. The topological polar surface area (TPSA) is 71.8 Å². The van der Waals surface area contributed by atoms with Gasteiger partial charge in [0.15, 0.2) is 0 Å². The van der Waals surface area contributed by atoms with Crippen molar-refractivity contribution < 1.29 is 4.79 Å². The van der Waals surface area contributed by atoms with Gasteiger partial charge in [-0.3, -0.25) is 10.1 Å². The van der Waals surface area contributed by atoms with Gasteiger partial charge in [0.1, 0.15) is 6.04 Å². The molecule has 2 heterocycles. The fraction of sp³-hybridized carbons (Fsp3) is 0.190. The third kappa shape index (κ3) is 3.99. The van der Waals surface area contributed by atoms with Crippen molar-refractivity contribution in [3.63, 3.8) is 0 Å². The van der Waals surface area contributed by atoms with Gasteiger partial charge in [-0.05, 0) is 35.4 Å². The van der Waals surface area contributed by atoms with E-state index < -0.39 is 0 Å². The lowest BCUT2D eigenvalue weighted by Gasteiger charge is -2.24. The maximum absolute atomic E-state index is 12.1. The summed E-state index contributed by atoms with van der Waals surface area (Å²) in [5.74, 6) is 0.439. The molecule has 1 aliphatic rings. The van der Waals surface area contributed by atoms with Gasteiger partial charge in [0, 0.05) is 21.7 Å². The molecule has 0 bridgehead atoms. The van der Waals surface area contributed by atoms with Crippen molar-refractivity contribution in [3.05, 3.63) is 75.8 Å². The van der Waals surface area contributed by atoms with E-state index in [1.165, 1.54) is 0 Å². The number of allylic oxidation sites excluding steroid dienone is 1. The number of aromatic nitrogens is 3. The Labute approximate surface area is 178 Å². The normalized spacial score (nSPS) is 15.5. The monoisotopic (exact) mass is 427 g/mol. The quantitative estimate of drug-likeness (QED) is 0.597. The van der Waals surface area contributed by atoms with Gasteiger partial charge < -0.3 is 5.32 Å². The highest BCUT2D eigenvalue weighted by Gasteiger charge is 2.27. The van der Waals surface area contributed by atoms with Crippen molar-refractivity contribution in [2.45, 2.75) is 19.9 Å². The molecule has 0 saturated carbocycles. The minimum absolute atomic E-state index is 0.145. The first-order valence-electron chi connectivity index (χ1n) is 9.19. The van der Waals surface area contributed by atoms with Crippen LogP contribution in [0.4, 0.5) is 11.9 Å². The SMILES string of the molecule is CC(C)C(=O)Nc1nc2n(n1)[C@H](c1ccccc1Cl)C=C(c1ccc(Cl)cc1)N2. The van der Waals surface area contributed by atoms with E-state index in [0.29, 0.717) is 16.0 Å². The predicted octanol–water partition coefficient (Wildman–Crippen LogP) is 5.24. The smallest absolute Gasteiger partial charge is 0.250 e. The Balaban J connectivity index is 1.78. The number of hydrogen-bond donors (Lipinski definition) is 2. The standard InChI is InChI=1S/C21H19Cl2N5O/c1-12(2)19(29)25-20-26-21-24-17(13-7-9-14(22)10-8-13)11-18(28(21)27-20)15-5-3-4-6-16(15)23/h3-12,18H,1-2H3,(H2,24,25,26,27,29)/t18-/m0/s1. The highest BCUT2D eigenvalue weighted by molar-refractivity contribution is 6.31. The van der Waals surface area contributed by atoms with Gasteiger partial charge in [0.25, 0.3) is 5.95 Å². The summed E-state index contributed by atoms with van der Waals surface area (Å²) >= 11 is 12.5. The fourth-order valence-corrected chi connectivity index (χ4v) is 3.41. The number of carbonyl (C=O) groups is 1. The van der Waals surface area contributed by atoms with Crippen LogP contribution in [0.5, 0.6) is 0 Å². The van der Waals surface area contributed by atoms with Crippen LogP contribution in [0.3, 0.4) is 0 Å². The maximum Gasteiger partial charge on any atom is 0.250 e. The van der Waals surface area contributed by atoms with Crippen LogP contribution in [0.1, 0.15) is 31.0 Å². The first-order chi connectivity index (χ1) is 13.9. The van der Waals surface area contributed by atoms with Crippen molar-refractivity contribution in [1.82, 2.24) is 14.8 Å². The van der Waals surface area contributed by atoms with E-state index in [9.17, 15) is 4.79 Å². The second-order valence-corrected chi connectivity index (χ2v) is 7.87. The van der Waals surface area contributed by atoms with E-state index in [-0.39, 0.29) is 23.8 Å². The summed E-state index contributed by atoms with van der Waals surface area (Å²) in [6, 6.07) is 14.8. The van der Waals surface area contributed by atoms with Gasteiger partial charge in [-0.2, -0.15) is 4.98 Å². The number of halogens is 2. The number of nitrogens with one attached hydrogen (secondary N) is 2. The number of amides is 1. The molecule has 2 N–H and O–H groups in total. The molecule has 0 fully saturated rings. The Bertz CT molecular complexity index is 1090. The number of nitrogens with zero attached hydrogens (tertiary/aromatic N) is 3. The van der Waals surface area contributed by atoms with Crippen LogP contribution in [-0.4, -0.2) is 20.7 Å². The van der Waals surface area contributed by atoms with Crippen LogP contribution < -0.4 is 10.6 Å². The molecule has 0 radical (unpaired) electrons. The van der Waals surface area contributed by atoms with Gasteiger partial charge in [0.05, 0.1) is 0 Å². The zero-order chi connectivity index (χ0) is 20.5. The molecule has 6 nitrogen and oxygen atoms in total. The molecular weight excluding hydrogens is 409 g/mol. The molecule has 0 unspecified atom stereocenters. The molecular formula is C21H19Cl2N5O. The zero-order valence-corrected chi connectivity index (χ0v) is 17.4. The Morgan fingerprint density at radius 3 is 2.55 bits per heavy atom. The van der Waals surface area contributed by atoms with E-state index >= 15 is 0 Å². The summed E-state index contributed by atoms with van der Waals surface area (Å²) in [6.45, 7) is 3.63. The number of benzene rings is 2. The lowest BCUT2D eigenvalue weighted by Crippen LogP contribution is -2.21. The first-order valence-corrected chi connectivity index (χ1v) is 9.94. The summed E-state index contributed by atoms with van der Waals surface area (Å²) in [5, 5.41) is 11.8. The molecule has 3 aromatic rings. The molecule has 0 saturated heterocycles. The van der Waals surface area contributed by atoms with E-state index in [1.54, 1.807) is 4.68 Å². The minimum atomic E-state index is -0.289. The largest absolute Gasteiger partial charge is 0.324 e. The first kappa shape index (κ1) is 19.5. The number of anilines is 2. The van der Waals surface area contributed by atoms with Crippen molar-refractivity contribution in [3.8, 4) is 0 Å². The second-order valence-electron chi connectivity index (χ2n) is 7.03. The van der Waals surface area contributed by atoms with Crippen LogP contribution in [0.15, 0.2) is 54.6 Å². The van der Waals surface area contributed by atoms with Crippen molar-refractivity contribution in [1.29, 1.82) is 0 Å². The van der Waals surface area contributed by atoms with Crippen LogP contribution in [0.25, 0.3) is 5.70 Å². The lowest BCUT2D eigenvalue weighted by molar-refractivity contribution is -0.118. The van der Waals surface area contributed by atoms with Crippen molar-refractivity contribution >= 4 is 46.7 Å². The number of hydrogen-bond acceptors (Lipinski definition) is 4. The minimum Gasteiger partial charge on any atom is -0.324 e. The predicted molar refractivity (Wildman–Crippen MR) is 116 cm³/mol. The molecule has 0 aliphatic carbocycles. The Hall–Kier alpha value is -2.83. The van der Waals surface area contributed by atoms with Crippen LogP contribution >= 0.6 is 23.2 Å². The molecule has 148 valence electrons. The number of fused-ring (bicyclic) bond motifs is 1. The van der Waals surface area contributed by atoms with Crippen molar-refractivity contribution in [2.75, 3.05) is 10.6 Å². The highest BCUT2D eigenvalue weighted by Crippen LogP contribution is 2.36. The Kier molecular flexibility index (Phi) is 5.30. The third-order valence-corrected chi connectivity index (χ3v) is 5.20. The molecule has 29 heavy (non-hydrogen) atoms. The van der Waals surface area contributed by atoms with Crippen molar-refractivity contribution in [2.24, 2.45) is 5.92 Å². The summed E-state index contributed by atoms with van der Waals surface area (Å²) < 4.78 is 1.72. The molecule has 8 heteroatoms. The number of rotatable bonds is 4. The van der Waals surface area contributed by atoms with Crippen LogP contribution in [0.2, 0.25) is 10.0 Å². The molecule has 1 atom stereocenters. The van der Waals surface area contributed by atoms with Crippen LogP contribution in [-0.2, 0) is 4.79 Å². The average Bonchev–Trinajstić information content (AvgIpc) is 3.10. The molecule has 1 aromatic heterocycles. The van der Waals surface area contributed by atoms with E-state index in [4.69, 9.17) is 23.2 Å². The molecule has 2 aromatic carbocycles. The molecule has 1 aliphatic heterocycles. The van der Waals surface area contributed by atoms with Gasteiger partial charge >= 0.3 is 0 Å². The van der Waals surface area contributed by atoms with E-state index in [2.05, 4.69) is 20.7 Å². The Morgan fingerprint density at radius 2 is 1.86 bits per heavy atom. The van der Waals surface area contributed by atoms with Gasteiger partial charge in [-0.25, -0.2) is 4.68 Å². The molecule has 4 rings (SSSR count). The van der Waals surface area contributed by atoms with Gasteiger partial charge in [0.2, 0.25) is 11.9 Å². The Morgan fingerprint density at radius 1 is 1.14 bits per heavy atom. The van der Waals surface area contributed by atoms with Crippen LogP contribution in [0, 0.1) is 5.92 Å². The third-order valence-electron chi connectivity index (χ3n) is 4.60. The molecule has 1 amide bonds. The second kappa shape index (κ2) is 7.89. The van der Waals surface area contributed by atoms with Gasteiger partial charge in [-0.15, -0.1) is 5.10 Å². The highest BCUT2D eigenvalue weighted by atomic mass is 35.5. The van der Waals surface area contributed by atoms with E-state index in [1.807, 2.05) is 68.5 Å². The molecule has 0 spiro atoms. The zero-order valence-electron chi connectivity index (χ0n) is 15.9. The lowest BCUT2D eigenvalue weighted by atomic mass is 10.0. The van der Waals surface area contributed by atoms with Gasteiger partial charge in [-0.1, -0.05) is 67.4 Å². The fourth-order valence-electron chi connectivity index (χ4n) is 3.03. The summed E-state index contributed by atoms with van der Waals surface area (Å²) in [5.41, 5.74) is 2.69. The summed E-state index contributed by atoms with van der Waals surface area (Å²) in [4.78, 5) is 16.6. The number of carbonyl (C=O) groups excluding carboxylic acids is 1. The summed E-state index contributed by atoms with van der Waals surface area (Å²) in [7, 11) is 0.